The molecule has 2 aromatic carbocycles. The van der Waals surface area contributed by atoms with Gasteiger partial charge in [-0.2, -0.15) is 0 Å². The van der Waals surface area contributed by atoms with E-state index in [1.165, 1.54) is 12.1 Å². The molecular formula is C16H11FN2O. The van der Waals surface area contributed by atoms with Gasteiger partial charge in [-0.3, -0.25) is 4.79 Å². The summed E-state index contributed by atoms with van der Waals surface area (Å²) >= 11 is 0. The lowest BCUT2D eigenvalue weighted by Crippen LogP contribution is -2.24. The zero-order valence-corrected chi connectivity index (χ0v) is 10.5. The van der Waals surface area contributed by atoms with Crippen molar-refractivity contribution in [1.29, 1.82) is 0 Å². The highest BCUT2D eigenvalue weighted by molar-refractivity contribution is 6.19. The molecule has 0 unspecified atom stereocenters. The number of hydrogen-bond acceptors (Lipinski definition) is 2. The van der Waals surface area contributed by atoms with Gasteiger partial charge in [0, 0.05) is 5.56 Å². The van der Waals surface area contributed by atoms with Crippen molar-refractivity contribution >= 4 is 17.8 Å². The molecule has 0 aliphatic carbocycles. The molecule has 0 saturated heterocycles. The van der Waals surface area contributed by atoms with Gasteiger partial charge in [-0.1, -0.05) is 42.5 Å². The van der Waals surface area contributed by atoms with Crippen molar-refractivity contribution in [3.05, 3.63) is 77.2 Å². The second kappa shape index (κ2) is 5.09. The highest BCUT2D eigenvalue weighted by Crippen LogP contribution is 2.15. The number of hydrogen-bond donors (Lipinski definition) is 1. The normalized spacial score (nSPS) is 16.1. The van der Waals surface area contributed by atoms with Gasteiger partial charge in [0.25, 0.3) is 5.91 Å². The molecular weight excluding hydrogens is 255 g/mol. The molecule has 0 saturated carbocycles. The maximum Gasteiger partial charge on any atom is 0.275 e. The second-order valence-corrected chi connectivity index (χ2v) is 4.37. The van der Waals surface area contributed by atoms with Gasteiger partial charge >= 0.3 is 0 Å². The zero-order valence-electron chi connectivity index (χ0n) is 10.5. The van der Waals surface area contributed by atoms with Gasteiger partial charge in [0.2, 0.25) is 0 Å². The summed E-state index contributed by atoms with van der Waals surface area (Å²) in [6.45, 7) is 0. The van der Waals surface area contributed by atoms with E-state index in [1.807, 2.05) is 30.3 Å². The molecule has 0 atom stereocenters. The van der Waals surface area contributed by atoms with Crippen molar-refractivity contribution in [1.82, 2.24) is 5.32 Å². The highest BCUT2D eigenvalue weighted by atomic mass is 19.1. The minimum absolute atomic E-state index is 0.284. The van der Waals surface area contributed by atoms with Crippen molar-refractivity contribution in [3.8, 4) is 0 Å². The molecule has 0 fully saturated rings. The molecule has 1 N–H and O–H groups in total. The Bertz CT molecular complexity index is 720. The van der Waals surface area contributed by atoms with E-state index in [0.717, 1.165) is 5.56 Å². The molecule has 20 heavy (non-hydrogen) atoms. The fourth-order valence-corrected chi connectivity index (χ4v) is 1.95. The Morgan fingerprint density at radius 1 is 1.05 bits per heavy atom. The van der Waals surface area contributed by atoms with Crippen molar-refractivity contribution in [3.63, 3.8) is 0 Å². The van der Waals surface area contributed by atoms with Crippen molar-refractivity contribution < 1.29 is 9.18 Å². The average Bonchev–Trinajstić information content (AvgIpc) is 2.81. The molecule has 1 heterocycles. The quantitative estimate of drug-likeness (QED) is 0.834. The smallest absolute Gasteiger partial charge is 0.275 e. The van der Waals surface area contributed by atoms with Crippen LogP contribution in [0.25, 0.3) is 6.08 Å². The first-order valence-electron chi connectivity index (χ1n) is 6.15. The summed E-state index contributed by atoms with van der Waals surface area (Å²) in [5.74, 6) is -0.273. The van der Waals surface area contributed by atoms with Crippen LogP contribution in [0.4, 0.5) is 4.39 Å². The highest BCUT2D eigenvalue weighted by Gasteiger charge is 2.21. The number of rotatable bonds is 2. The molecule has 1 aliphatic rings. The zero-order chi connectivity index (χ0) is 13.9. The van der Waals surface area contributed by atoms with Crippen molar-refractivity contribution in [2.75, 3.05) is 0 Å². The summed E-state index contributed by atoms with van der Waals surface area (Å²) in [4.78, 5) is 16.1. The van der Waals surface area contributed by atoms with E-state index in [9.17, 15) is 9.18 Å². The molecule has 2 aromatic rings. The lowest BCUT2D eigenvalue weighted by atomic mass is 10.2. The van der Waals surface area contributed by atoms with Gasteiger partial charge < -0.3 is 5.32 Å². The van der Waals surface area contributed by atoms with Gasteiger partial charge in [0.05, 0.1) is 0 Å². The Morgan fingerprint density at radius 2 is 1.85 bits per heavy atom. The molecule has 3 nitrogen and oxygen atoms in total. The minimum atomic E-state index is -0.361. The third kappa shape index (κ3) is 2.49. The summed E-state index contributed by atoms with van der Waals surface area (Å²) in [5, 5.41) is 2.64. The van der Waals surface area contributed by atoms with Crippen LogP contribution in [0.2, 0.25) is 0 Å². The maximum atomic E-state index is 13.2. The largest absolute Gasteiger partial charge is 0.305 e. The Kier molecular flexibility index (Phi) is 3.13. The molecule has 0 bridgehead atoms. The number of benzene rings is 2. The van der Waals surface area contributed by atoms with Crippen LogP contribution in [0, 0.1) is 5.82 Å². The van der Waals surface area contributed by atoms with Crippen LogP contribution in [-0.2, 0) is 4.79 Å². The van der Waals surface area contributed by atoms with Gasteiger partial charge in [-0.25, -0.2) is 9.38 Å². The number of halogens is 1. The summed E-state index contributed by atoms with van der Waals surface area (Å²) in [6, 6.07) is 15.4. The summed E-state index contributed by atoms with van der Waals surface area (Å²) in [7, 11) is 0. The number of aliphatic imine (C=N–C) groups is 1. The fourth-order valence-electron chi connectivity index (χ4n) is 1.95. The standard InChI is InChI=1S/C16H11FN2O/c17-13-8-4-7-12(10-13)15-18-14(16(20)19-15)9-11-5-2-1-3-6-11/h1-10H,(H,18,19,20)/b14-9-. The van der Waals surface area contributed by atoms with E-state index < -0.39 is 0 Å². The van der Waals surface area contributed by atoms with E-state index in [1.54, 1.807) is 18.2 Å². The Labute approximate surface area is 115 Å². The third-order valence-corrected chi connectivity index (χ3v) is 2.90. The first-order valence-corrected chi connectivity index (χ1v) is 6.15. The number of amidine groups is 1. The van der Waals surface area contributed by atoms with Gasteiger partial charge in [0.1, 0.15) is 17.3 Å². The SMILES string of the molecule is O=C1NC(c2cccc(F)c2)=N/C1=C\c1ccccc1. The lowest BCUT2D eigenvalue weighted by Gasteiger charge is -1.99. The van der Waals surface area contributed by atoms with E-state index in [4.69, 9.17) is 0 Å². The predicted molar refractivity (Wildman–Crippen MR) is 75.5 cm³/mol. The topological polar surface area (TPSA) is 41.5 Å². The van der Waals surface area contributed by atoms with E-state index >= 15 is 0 Å². The van der Waals surface area contributed by atoms with Crippen LogP contribution in [0.5, 0.6) is 0 Å². The summed E-state index contributed by atoms with van der Waals surface area (Å²) < 4.78 is 13.2. The summed E-state index contributed by atoms with van der Waals surface area (Å²) in [5.41, 5.74) is 1.76. The number of carbonyl (C=O) groups is 1. The van der Waals surface area contributed by atoms with Crippen molar-refractivity contribution in [2.24, 2.45) is 4.99 Å². The number of amides is 1. The maximum absolute atomic E-state index is 13.2. The number of nitrogens with zero attached hydrogens (tertiary/aromatic N) is 1. The fraction of sp³-hybridized carbons (Fsp3) is 0. The van der Waals surface area contributed by atoms with Crippen LogP contribution in [0.3, 0.4) is 0 Å². The average molecular weight is 266 g/mol. The molecule has 0 aromatic heterocycles. The lowest BCUT2D eigenvalue weighted by molar-refractivity contribution is -0.115. The van der Waals surface area contributed by atoms with Crippen molar-refractivity contribution in [2.45, 2.75) is 0 Å². The molecule has 98 valence electrons. The third-order valence-electron chi connectivity index (χ3n) is 2.90. The number of nitrogens with one attached hydrogen (secondary N) is 1. The summed E-state index contributed by atoms with van der Waals surface area (Å²) in [6.07, 6.45) is 1.70. The second-order valence-electron chi connectivity index (χ2n) is 4.37. The molecule has 0 spiro atoms. The van der Waals surface area contributed by atoms with E-state index in [-0.39, 0.29) is 11.7 Å². The first-order chi connectivity index (χ1) is 9.72. The Hall–Kier alpha value is -2.75. The first kappa shape index (κ1) is 12.3. The van der Waals surface area contributed by atoms with E-state index in [2.05, 4.69) is 10.3 Å². The molecule has 1 amide bonds. The van der Waals surface area contributed by atoms with Crippen LogP contribution < -0.4 is 5.32 Å². The van der Waals surface area contributed by atoms with Gasteiger partial charge in [-0.15, -0.1) is 0 Å². The molecule has 3 rings (SSSR count). The molecule has 4 heteroatoms. The van der Waals surface area contributed by atoms with Crippen LogP contribution in [-0.4, -0.2) is 11.7 Å². The van der Waals surface area contributed by atoms with Gasteiger partial charge in [-0.05, 0) is 23.8 Å². The van der Waals surface area contributed by atoms with E-state index in [0.29, 0.717) is 17.1 Å². The number of carbonyl (C=O) groups excluding carboxylic acids is 1. The Morgan fingerprint density at radius 3 is 2.60 bits per heavy atom. The minimum Gasteiger partial charge on any atom is -0.305 e. The predicted octanol–water partition coefficient (Wildman–Crippen LogP) is 2.74. The Balaban J connectivity index is 1.95. The monoisotopic (exact) mass is 266 g/mol. The van der Waals surface area contributed by atoms with Crippen LogP contribution in [0.1, 0.15) is 11.1 Å². The molecule has 0 radical (unpaired) electrons. The van der Waals surface area contributed by atoms with Gasteiger partial charge in [0.15, 0.2) is 0 Å². The van der Waals surface area contributed by atoms with Crippen LogP contribution >= 0.6 is 0 Å². The van der Waals surface area contributed by atoms with Crippen LogP contribution in [0.15, 0.2) is 65.3 Å². The molecule has 1 aliphatic heterocycles.